The van der Waals surface area contributed by atoms with Crippen LogP contribution in [0.25, 0.3) is 0 Å². The van der Waals surface area contributed by atoms with Crippen molar-refractivity contribution < 1.29 is 19.1 Å². The molecule has 124 valence electrons. The van der Waals surface area contributed by atoms with Crippen LogP contribution < -0.4 is 20.1 Å². The highest BCUT2D eigenvalue weighted by Gasteiger charge is 2.26. The van der Waals surface area contributed by atoms with Gasteiger partial charge in [0.15, 0.2) is 18.1 Å². The fraction of sp³-hybridized carbons (Fsp3) is 0.222. The number of methoxy groups -OCH3 is 1. The van der Waals surface area contributed by atoms with Gasteiger partial charge >= 0.3 is 0 Å². The standard InChI is InChI=1S/C18H18N2O4/c1-11-13-9-12(7-8-14(13)20-18(11)22)19-17(21)10-24-16-6-4-3-5-15(16)23-2/h3-9,11H,10H2,1-2H3,(H,19,21)(H,20,22). The molecule has 1 aliphatic heterocycles. The van der Waals surface area contributed by atoms with Crippen LogP contribution in [-0.2, 0) is 9.59 Å². The highest BCUT2D eigenvalue weighted by atomic mass is 16.5. The number of hydrogen-bond donors (Lipinski definition) is 2. The number of carbonyl (C=O) groups is 2. The summed E-state index contributed by atoms with van der Waals surface area (Å²) in [5, 5.41) is 5.57. The number of fused-ring (bicyclic) bond motifs is 1. The van der Waals surface area contributed by atoms with Gasteiger partial charge in [-0.3, -0.25) is 9.59 Å². The number of amides is 2. The van der Waals surface area contributed by atoms with E-state index in [0.717, 1.165) is 11.3 Å². The monoisotopic (exact) mass is 326 g/mol. The van der Waals surface area contributed by atoms with Crippen molar-refractivity contribution in [2.45, 2.75) is 12.8 Å². The highest BCUT2D eigenvalue weighted by Crippen LogP contribution is 2.34. The Labute approximate surface area is 139 Å². The lowest BCUT2D eigenvalue weighted by atomic mass is 10.0. The first-order valence-electron chi connectivity index (χ1n) is 7.59. The molecule has 1 aliphatic rings. The van der Waals surface area contributed by atoms with Gasteiger partial charge in [0.2, 0.25) is 5.91 Å². The molecule has 0 saturated carbocycles. The second-order valence-electron chi connectivity index (χ2n) is 5.50. The van der Waals surface area contributed by atoms with Crippen LogP contribution in [0.3, 0.4) is 0 Å². The van der Waals surface area contributed by atoms with E-state index in [1.807, 2.05) is 19.1 Å². The van der Waals surface area contributed by atoms with Gasteiger partial charge in [0.25, 0.3) is 5.91 Å². The first-order valence-corrected chi connectivity index (χ1v) is 7.59. The molecule has 0 fully saturated rings. The summed E-state index contributed by atoms with van der Waals surface area (Å²) in [6.45, 7) is 1.70. The summed E-state index contributed by atoms with van der Waals surface area (Å²) in [7, 11) is 1.54. The van der Waals surface area contributed by atoms with Crippen molar-refractivity contribution in [1.29, 1.82) is 0 Å². The van der Waals surface area contributed by atoms with E-state index in [4.69, 9.17) is 9.47 Å². The lowest BCUT2D eigenvalue weighted by Crippen LogP contribution is -2.20. The molecule has 6 heteroatoms. The summed E-state index contributed by atoms with van der Waals surface area (Å²) >= 11 is 0. The van der Waals surface area contributed by atoms with Crippen LogP contribution in [0.4, 0.5) is 11.4 Å². The zero-order valence-corrected chi connectivity index (χ0v) is 13.5. The van der Waals surface area contributed by atoms with Crippen LogP contribution in [0, 0.1) is 0 Å². The van der Waals surface area contributed by atoms with Crippen LogP contribution in [0.5, 0.6) is 11.5 Å². The van der Waals surface area contributed by atoms with Gasteiger partial charge in [-0.05, 0) is 42.8 Å². The number of hydrogen-bond acceptors (Lipinski definition) is 4. The Morgan fingerprint density at radius 3 is 2.71 bits per heavy atom. The molecule has 0 saturated heterocycles. The van der Waals surface area contributed by atoms with Gasteiger partial charge in [-0.2, -0.15) is 0 Å². The number of para-hydroxylation sites is 2. The van der Waals surface area contributed by atoms with Gasteiger partial charge in [-0.1, -0.05) is 12.1 Å². The van der Waals surface area contributed by atoms with Gasteiger partial charge < -0.3 is 20.1 Å². The van der Waals surface area contributed by atoms with Crippen molar-refractivity contribution in [2.24, 2.45) is 0 Å². The predicted molar refractivity (Wildman–Crippen MR) is 90.6 cm³/mol. The largest absolute Gasteiger partial charge is 0.493 e. The van der Waals surface area contributed by atoms with Crippen molar-refractivity contribution in [1.82, 2.24) is 0 Å². The SMILES string of the molecule is COc1ccccc1OCC(=O)Nc1ccc2c(c1)C(C)C(=O)N2. The van der Waals surface area contributed by atoms with Gasteiger partial charge in [0.05, 0.1) is 13.0 Å². The normalized spacial score (nSPS) is 15.4. The molecule has 2 amide bonds. The van der Waals surface area contributed by atoms with Gasteiger partial charge in [-0.15, -0.1) is 0 Å². The summed E-state index contributed by atoms with van der Waals surface area (Å²) in [6.07, 6.45) is 0. The maximum absolute atomic E-state index is 12.1. The zero-order chi connectivity index (χ0) is 17.1. The van der Waals surface area contributed by atoms with Crippen molar-refractivity contribution in [3.05, 3.63) is 48.0 Å². The zero-order valence-electron chi connectivity index (χ0n) is 13.5. The Bertz CT molecular complexity index is 788. The van der Waals surface area contributed by atoms with E-state index in [2.05, 4.69) is 10.6 Å². The second-order valence-corrected chi connectivity index (χ2v) is 5.50. The third-order valence-electron chi connectivity index (χ3n) is 3.88. The summed E-state index contributed by atoms with van der Waals surface area (Å²) in [5.41, 5.74) is 2.30. The van der Waals surface area contributed by atoms with Crippen LogP contribution >= 0.6 is 0 Å². The Morgan fingerprint density at radius 1 is 1.21 bits per heavy atom. The number of anilines is 2. The minimum absolute atomic E-state index is 0.0343. The first-order chi connectivity index (χ1) is 11.6. The molecule has 2 aromatic rings. The summed E-state index contributed by atoms with van der Waals surface area (Å²) in [4.78, 5) is 23.7. The predicted octanol–water partition coefficient (Wildman–Crippen LogP) is 2.77. The number of nitrogens with one attached hydrogen (secondary N) is 2. The molecular formula is C18H18N2O4. The molecule has 0 spiro atoms. The van der Waals surface area contributed by atoms with E-state index in [-0.39, 0.29) is 24.3 Å². The molecule has 6 nitrogen and oxygen atoms in total. The Balaban J connectivity index is 1.63. The maximum Gasteiger partial charge on any atom is 0.262 e. The van der Waals surface area contributed by atoms with Crippen molar-refractivity contribution in [3.63, 3.8) is 0 Å². The van der Waals surface area contributed by atoms with Crippen molar-refractivity contribution >= 4 is 23.2 Å². The Kier molecular flexibility index (Phi) is 4.37. The molecular weight excluding hydrogens is 308 g/mol. The molecule has 2 aromatic carbocycles. The van der Waals surface area contributed by atoms with E-state index < -0.39 is 0 Å². The molecule has 0 aromatic heterocycles. The molecule has 24 heavy (non-hydrogen) atoms. The fourth-order valence-electron chi connectivity index (χ4n) is 2.57. The van der Waals surface area contributed by atoms with Gasteiger partial charge in [-0.25, -0.2) is 0 Å². The minimum Gasteiger partial charge on any atom is -0.493 e. The Hall–Kier alpha value is -3.02. The lowest BCUT2D eigenvalue weighted by molar-refractivity contribution is -0.118. The van der Waals surface area contributed by atoms with Crippen molar-refractivity contribution in [2.75, 3.05) is 24.4 Å². The number of ether oxygens (including phenoxy) is 2. The van der Waals surface area contributed by atoms with Crippen LogP contribution in [0.2, 0.25) is 0 Å². The minimum atomic E-state index is -0.286. The molecule has 0 bridgehead atoms. The third-order valence-corrected chi connectivity index (χ3v) is 3.88. The van der Waals surface area contributed by atoms with Crippen LogP contribution in [0.1, 0.15) is 18.4 Å². The number of rotatable bonds is 5. The second kappa shape index (κ2) is 6.62. The maximum atomic E-state index is 12.1. The first kappa shape index (κ1) is 15.9. The van der Waals surface area contributed by atoms with Gasteiger partial charge in [0.1, 0.15) is 0 Å². The molecule has 1 unspecified atom stereocenters. The van der Waals surface area contributed by atoms with E-state index in [1.165, 1.54) is 0 Å². The van der Waals surface area contributed by atoms with E-state index in [9.17, 15) is 9.59 Å². The van der Waals surface area contributed by atoms with E-state index >= 15 is 0 Å². The van der Waals surface area contributed by atoms with Crippen molar-refractivity contribution in [3.8, 4) is 11.5 Å². The summed E-state index contributed by atoms with van der Waals surface area (Å²) in [5.74, 6) is 0.536. The average Bonchev–Trinajstić information content (AvgIpc) is 2.88. The van der Waals surface area contributed by atoms with Crippen LogP contribution in [0.15, 0.2) is 42.5 Å². The van der Waals surface area contributed by atoms with E-state index in [0.29, 0.717) is 17.2 Å². The molecule has 0 aliphatic carbocycles. The topological polar surface area (TPSA) is 76.7 Å². The smallest absolute Gasteiger partial charge is 0.262 e. The van der Waals surface area contributed by atoms with Gasteiger partial charge in [0, 0.05) is 11.4 Å². The number of carbonyl (C=O) groups excluding carboxylic acids is 2. The molecule has 3 rings (SSSR count). The lowest BCUT2D eigenvalue weighted by Gasteiger charge is -2.11. The third kappa shape index (κ3) is 3.17. The average molecular weight is 326 g/mol. The summed E-state index contributed by atoms with van der Waals surface area (Å²) < 4.78 is 10.7. The summed E-state index contributed by atoms with van der Waals surface area (Å²) in [6, 6.07) is 12.5. The number of benzene rings is 2. The fourth-order valence-corrected chi connectivity index (χ4v) is 2.57. The molecule has 2 N–H and O–H groups in total. The highest BCUT2D eigenvalue weighted by molar-refractivity contribution is 6.03. The molecule has 1 heterocycles. The quantitative estimate of drug-likeness (QED) is 0.886. The molecule has 1 atom stereocenters. The van der Waals surface area contributed by atoms with Crippen LogP contribution in [-0.4, -0.2) is 25.5 Å². The molecule has 0 radical (unpaired) electrons. The van der Waals surface area contributed by atoms with E-state index in [1.54, 1.807) is 37.4 Å². The Morgan fingerprint density at radius 2 is 1.96 bits per heavy atom.